The van der Waals surface area contributed by atoms with E-state index in [0.29, 0.717) is 33.0 Å². The Hall–Kier alpha value is -4.40. The normalized spacial score (nSPS) is 14.6. The third-order valence-electron chi connectivity index (χ3n) is 14.7. The van der Waals surface area contributed by atoms with Gasteiger partial charge in [0.15, 0.2) is 0 Å². The lowest BCUT2D eigenvalue weighted by Crippen LogP contribution is -2.48. The average molecular weight is 843 g/mol. The van der Waals surface area contributed by atoms with Gasteiger partial charge in [0.25, 0.3) is 23.6 Å². The predicted octanol–water partition coefficient (Wildman–Crippen LogP) is 12.8. The van der Waals surface area contributed by atoms with Gasteiger partial charge in [0, 0.05) is 56.9 Å². The first kappa shape index (κ1) is 45.6. The van der Waals surface area contributed by atoms with Crippen molar-refractivity contribution in [3.63, 3.8) is 0 Å². The number of aliphatic hydroxyl groups excluding tert-OH is 2. The zero-order chi connectivity index (χ0) is 44.0. The second kappa shape index (κ2) is 20.0. The lowest BCUT2D eigenvalue weighted by Gasteiger charge is -2.39. The number of amides is 4. The molecule has 0 saturated heterocycles. The minimum atomic E-state index is -0.559. The van der Waals surface area contributed by atoms with E-state index in [1.165, 1.54) is 9.80 Å². The van der Waals surface area contributed by atoms with E-state index in [2.05, 4.69) is 27.7 Å². The van der Waals surface area contributed by atoms with E-state index in [1.54, 1.807) is 0 Å². The molecule has 0 aliphatic carbocycles. The van der Waals surface area contributed by atoms with E-state index in [4.69, 9.17) is 0 Å². The highest BCUT2D eigenvalue weighted by Crippen LogP contribution is 2.47. The fraction of sp³-hybridized carbons (Fsp3) is 0.556. The molecule has 0 spiro atoms. The molecular formula is C54H70N2O6. The fourth-order valence-electron chi connectivity index (χ4n) is 11.0. The molecule has 62 heavy (non-hydrogen) atoms. The average Bonchev–Trinajstić information content (AvgIpc) is 3.29. The van der Waals surface area contributed by atoms with Crippen LogP contribution in [0.4, 0.5) is 0 Å². The summed E-state index contributed by atoms with van der Waals surface area (Å²) in [7, 11) is 0. The van der Waals surface area contributed by atoms with Crippen molar-refractivity contribution >= 4 is 66.7 Å². The predicted molar refractivity (Wildman–Crippen MR) is 252 cm³/mol. The van der Waals surface area contributed by atoms with Crippen LogP contribution in [0.5, 0.6) is 0 Å². The first-order valence-corrected chi connectivity index (χ1v) is 24.3. The smallest absolute Gasteiger partial charge is 0.261 e. The minimum absolute atomic E-state index is 0.0730. The van der Waals surface area contributed by atoms with Crippen LogP contribution in [0.3, 0.4) is 0 Å². The van der Waals surface area contributed by atoms with Crippen LogP contribution >= 0.6 is 0 Å². The highest BCUT2D eigenvalue weighted by molar-refractivity contribution is 6.41. The molecule has 8 heteroatoms. The van der Waals surface area contributed by atoms with Gasteiger partial charge in [-0.25, -0.2) is 0 Å². The summed E-state index contributed by atoms with van der Waals surface area (Å²) < 4.78 is 0. The molecule has 0 radical (unpaired) electrons. The summed E-state index contributed by atoms with van der Waals surface area (Å²) in [6, 6.07) is 15.2. The van der Waals surface area contributed by atoms with Gasteiger partial charge in [0.05, 0.1) is 13.2 Å². The summed E-state index contributed by atoms with van der Waals surface area (Å²) in [6.45, 7) is 8.95. The van der Waals surface area contributed by atoms with Crippen molar-refractivity contribution in [3.05, 3.63) is 70.8 Å². The van der Waals surface area contributed by atoms with Crippen molar-refractivity contribution in [2.75, 3.05) is 26.3 Å². The van der Waals surface area contributed by atoms with Crippen LogP contribution in [0.15, 0.2) is 48.5 Å². The second-order valence-corrected chi connectivity index (χ2v) is 19.1. The molecule has 2 N–H and O–H groups in total. The monoisotopic (exact) mass is 843 g/mol. The van der Waals surface area contributed by atoms with Crippen LogP contribution in [0.1, 0.15) is 198 Å². The summed E-state index contributed by atoms with van der Waals surface area (Å²) in [5.74, 6) is -1.30. The fourth-order valence-corrected chi connectivity index (χ4v) is 11.0. The van der Waals surface area contributed by atoms with Gasteiger partial charge in [0.1, 0.15) is 0 Å². The van der Waals surface area contributed by atoms with E-state index in [1.807, 2.05) is 48.5 Å². The van der Waals surface area contributed by atoms with E-state index >= 15 is 0 Å². The molecule has 0 saturated carbocycles. The molecule has 0 unspecified atom stereocenters. The van der Waals surface area contributed by atoms with Crippen LogP contribution in [0.25, 0.3) is 43.1 Å². The molecule has 7 rings (SSSR count). The van der Waals surface area contributed by atoms with E-state index in [-0.39, 0.29) is 49.9 Å². The molecule has 0 atom stereocenters. The number of hydrogen-bond acceptors (Lipinski definition) is 6. The van der Waals surface area contributed by atoms with Crippen molar-refractivity contribution in [3.8, 4) is 0 Å². The number of hydrogen-bond donors (Lipinski definition) is 2. The van der Waals surface area contributed by atoms with E-state index in [9.17, 15) is 29.4 Å². The van der Waals surface area contributed by atoms with Gasteiger partial charge in [-0.15, -0.1) is 0 Å². The van der Waals surface area contributed by atoms with Gasteiger partial charge in [-0.1, -0.05) is 155 Å². The number of carbonyl (C=O) groups excluding carboxylic acids is 4. The number of rotatable bonds is 26. The first-order chi connectivity index (χ1) is 30.1. The highest BCUT2D eigenvalue weighted by atomic mass is 16.3. The third-order valence-corrected chi connectivity index (χ3v) is 14.7. The molecule has 0 fully saturated rings. The molecule has 8 nitrogen and oxygen atoms in total. The number of unbranched alkanes of at least 4 members (excludes halogenated alkanes) is 12. The van der Waals surface area contributed by atoms with Gasteiger partial charge in [-0.2, -0.15) is 0 Å². The first-order valence-electron chi connectivity index (χ1n) is 24.3. The number of fused-ring (bicyclic) bond motifs is 2. The maximum atomic E-state index is 14.6. The molecule has 0 aromatic heterocycles. The Labute approximate surface area is 368 Å². The van der Waals surface area contributed by atoms with E-state index in [0.717, 1.165) is 161 Å². The summed E-state index contributed by atoms with van der Waals surface area (Å²) in [5, 5.41) is 28.4. The maximum absolute atomic E-state index is 14.6. The standard InChI is InChI=1S/C54H70N2O6/c1-5-9-13-17-29-53(35-57,30-18-14-10-6-2)33-55-49(59)41-25-21-37-39-23-27-43-48-44(28-24-40(46(39)48)38-22-26-42(50(55)60)47(41)45(37)38)52(62)56(51(43)61)34-54(36-58,31-19-15-11-7-3)32-20-16-12-8-4/h21-28,57-58H,5-20,29-36H2,1-4H3. The van der Waals surface area contributed by atoms with Gasteiger partial charge in [-0.05, 0) is 82.3 Å². The second-order valence-electron chi connectivity index (χ2n) is 19.1. The lowest BCUT2D eigenvalue weighted by atomic mass is 9.76. The lowest BCUT2D eigenvalue weighted by molar-refractivity contribution is 0.0342. The SMILES string of the molecule is CCCCCCC(CO)(CCCCCC)CN1C(=O)c2ccc3c4ccc5c6c(ccc(c7ccc(c2c37)C1=O)c64)C(=O)N(CC(CO)(CCCCCC)CCCCCC)C5=O. The van der Waals surface area contributed by atoms with Gasteiger partial charge in [0.2, 0.25) is 0 Å². The van der Waals surface area contributed by atoms with Crippen molar-refractivity contribution in [1.82, 2.24) is 9.80 Å². The topological polar surface area (TPSA) is 115 Å². The zero-order valence-corrected chi connectivity index (χ0v) is 38.0. The third kappa shape index (κ3) is 8.51. The Morgan fingerprint density at radius 2 is 0.629 bits per heavy atom. The van der Waals surface area contributed by atoms with Crippen LogP contribution in [0.2, 0.25) is 0 Å². The Bertz CT molecular complexity index is 2100. The molecule has 0 bridgehead atoms. The van der Waals surface area contributed by atoms with Crippen LogP contribution in [0, 0.1) is 10.8 Å². The Kier molecular flexibility index (Phi) is 14.7. The number of imide groups is 2. The molecule has 4 amide bonds. The summed E-state index contributed by atoms with van der Waals surface area (Å²) in [6.07, 6.45) is 20.0. The Morgan fingerprint density at radius 3 is 0.855 bits per heavy atom. The Balaban J connectivity index is 1.26. The minimum Gasteiger partial charge on any atom is -0.396 e. The Morgan fingerprint density at radius 1 is 0.371 bits per heavy atom. The van der Waals surface area contributed by atoms with Crippen molar-refractivity contribution in [1.29, 1.82) is 0 Å². The largest absolute Gasteiger partial charge is 0.396 e. The summed E-state index contributed by atoms with van der Waals surface area (Å²) in [5.41, 5.74) is 0.812. The molecule has 5 aromatic rings. The highest BCUT2D eigenvalue weighted by Gasteiger charge is 2.42. The maximum Gasteiger partial charge on any atom is 0.261 e. The zero-order valence-electron chi connectivity index (χ0n) is 38.0. The molecule has 2 heterocycles. The molecule has 2 aliphatic rings. The molecule has 332 valence electrons. The molecular weight excluding hydrogens is 773 g/mol. The number of nitrogens with zero attached hydrogens (tertiary/aromatic N) is 2. The van der Waals surface area contributed by atoms with Crippen LogP contribution in [-0.2, 0) is 0 Å². The van der Waals surface area contributed by atoms with E-state index < -0.39 is 10.8 Å². The number of carbonyl (C=O) groups is 4. The quantitative estimate of drug-likeness (QED) is 0.0248. The van der Waals surface area contributed by atoms with Gasteiger partial charge >= 0.3 is 0 Å². The van der Waals surface area contributed by atoms with Gasteiger partial charge < -0.3 is 10.2 Å². The number of aliphatic hydroxyl groups is 2. The van der Waals surface area contributed by atoms with Crippen molar-refractivity contribution in [2.24, 2.45) is 10.8 Å². The van der Waals surface area contributed by atoms with Gasteiger partial charge in [-0.3, -0.25) is 29.0 Å². The van der Waals surface area contributed by atoms with Crippen molar-refractivity contribution in [2.45, 2.75) is 156 Å². The van der Waals surface area contributed by atoms with Crippen LogP contribution in [-0.4, -0.2) is 69.9 Å². The van der Waals surface area contributed by atoms with Crippen molar-refractivity contribution < 1.29 is 29.4 Å². The summed E-state index contributed by atoms with van der Waals surface area (Å²) in [4.78, 5) is 61.2. The molecule has 5 aromatic carbocycles. The molecule has 2 aliphatic heterocycles. The number of benzene rings is 5. The van der Waals surface area contributed by atoms with Crippen LogP contribution < -0.4 is 0 Å². The summed E-state index contributed by atoms with van der Waals surface area (Å²) >= 11 is 0.